The van der Waals surface area contributed by atoms with Gasteiger partial charge in [-0.3, -0.25) is 9.88 Å². The van der Waals surface area contributed by atoms with E-state index in [0.29, 0.717) is 24.7 Å². The Hall–Kier alpha value is -3.50. The fraction of sp³-hybridized carbons (Fsp3) is 0.533. The minimum absolute atomic E-state index is 0.237. The Kier molecular flexibility index (Phi) is 7.86. The molecule has 0 aromatic carbocycles. The van der Waals surface area contributed by atoms with Crippen LogP contribution in [0.3, 0.4) is 0 Å². The van der Waals surface area contributed by atoms with Crippen LogP contribution < -0.4 is 0 Å². The number of nitriles is 1. The summed E-state index contributed by atoms with van der Waals surface area (Å²) >= 11 is 0. The SMILES string of the molecule is C[C@H](OC1CCCCO1)c1nccn1C1(C)C=CC(C)(C#Cc2ccc(CN3CC(CC#N)C3)nc2)/C1=N\O. The summed E-state index contributed by atoms with van der Waals surface area (Å²) in [7, 11) is 0. The zero-order valence-corrected chi connectivity index (χ0v) is 22.9. The number of oxime groups is 1. The molecule has 1 N–H and O–H groups in total. The number of rotatable bonds is 7. The second kappa shape index (κ2) is 11.3. The molecule has 3 unspecified atom stereocenters. The third-order valence-electron chi connectivity index (χ3n) is 7.93. The first kappa shape index (κ1) is 27.1. The van der Waals surface area contributed by atoms with Gasteiger partial charge in [0, 0.05) is 56.8 Å². The number of aromatic nitrogens is 3. The maximum absolute atomic E-state index is 10.2. The molecule has 9 nitrogen and oxygen atoms in total. The summed E-state index contributed by atoms with van der Waals surface area (Å²) in [6.45, 7) is 9.29. The van der Waals surface area contributed by atoms with Crippen molar-refractivity contribution in [3.05, 3.63) is 60.0 Å². The lowest BCUT2D eigenvalue weighted by Crippen LogP contribution is -2.45. The normalized spacial score (nSPS) is 29.0. The number of nitrogens with zero attached hydrogens (tertiary/aromatic N) is 6. The van der Waals surface area contributed by atoms with Crippen LogP contribution >= 0.6 is 0 Å². The standard InChI is InChI=1S/C30H36N6O3/c1-22(39-26-6-4-5-17-38-26)27-32-15-16-36(27)30(3)13-12-29(2,28(30)34-37)11-9-23-7-8-25(33-18-23)21-35-19-24(20-35)10-14-31/h7-8,12-13,15-16,18,22,24,26,37H,4-6,10,17,19-21H2,1-3H3/b34-28+/t22-,26?,29?,30?/m0/s1. The highest BCUT2D eigenvalue weighted by atomic mass is 16.7. The van der Waals surface area contributed by atoms with Crippen LogP contribution in [0.1, 0.15) is 69.6 Å². The quantitative estimate of drug-likeness (QED) is 0.246. The van der Waals surface area contributed by atoms with Crippen molar-refractivity contribution in [3.63, 3.8) is 0 Å². The van der Waals surface area contributed by atoms with E-state index in [2.05, 4.69) is 37.9 Å². The third kappa shape index (κ3) is 5.62. The number of pyridine rings is 1. The highest BCUT2D eigenvalue weighted by molar-refractivity contribution is 6.04. The van der Waals surface area contributed by atoms with Crippen LogP contribution in [0.15, 0.2) is 48.0 Å². The molecule has 39 heavy (non-hydrogen) atoms. The molecule has 4 atom stereocenters. The van der Waals surface area contributed by atoms with Crippen molar-refractivity contribution in [2.45, 2.75) is 70.9 Å². The Morgan fingerprint density at radius 1 is 1.26 bits per heavy atom. The minimum atomic E-state index is -0.784. The molecule has 2 aliphatic heterocycles. The zero-order valence-electron chi connectivity index (χ0n) is 22.9. The van der Waals surface area contributed by atoms with Crippen LogP contribution in [0.25, 0.3) is 0 Å². The number of allylic oxidation sites excluding steroid dienone is 2. The Balaban J connectivity index is 1.28. The first-order chi connectivity index (χ1) is 18.8. The maximum Gasteiger partial charge on any atom is 0.158 e. The first-order valence-electron chi connectivity index (χ1n) is 13.7. The van der Waals surface area contributed by atoms with E-state index in [-0.39, 0.29) is 12.4 Å². The first-order valence-corrected chi connectivity index (χ1v) is 13.7. The lowest BCUT2D eigenvalue weighted by molar-refractivity contribution is -0.188. The van der Waals surface area contributed by atoms with Gasteiger partial charge in [-0.2, -0.15) is 5.26 Å². The molecule has 0 saturated carbocycles. The number of ether oxygens (including phenoxy) is 2. The van der Waals surface area contributed by atoms with Gasteiger partial charge >= 0.3 is 0 Å². The van der Waals surface area contributed by atoms with E-state index in [9.17, 15) is 5.21 Å². The maximum atomic E-state index is 10.2. The fourth-order valence-corrected chi connectivity index (χ4v) is 5.72. The average molecular weight is 529 g/mol. The fourth-order valence-electron chi connectivity index (χ4n) is 5.72. The summed E-state index contributed by atoms with van der Waals surface area (Å²) in [5, 5.41) is 22.8. The molecule has 4 heterocycles. The van der Waals surface area contributed by atoms with E-state index in [4.69, 9.17) is 14.7 Å². The van der Waals surface area contributed by atoms with Crippen molar-refractivity contribution in [2.75, 3.05) is 19.7 Å². The molecular formula is C30H36N6O3. The number of hydrogen-bond acceptors (Lipinski definition) is 8. The molecule has 0 bridgehead atoms. The monoisotopic (exact) mass is 528 g/mol. The van der Waals surface area contributed by atoms with E-state index in [1.165, 1.54) is 0 Å². The van der Waals surface area contributed by atoms with Crippen molar-refractivity contribution in [1.29, 1.82) is 5.26 Å². The average Bonchev–Trinajstić information content (AvgIpc) is 3.52. The summed E-state index contributed by atoms with van der Waals surface area (Å²) in [6.07, 6.45) is 12.5. The van der Waals surface area contributed by atoms with Gasteiger partial charge in [-0.15, -0.1) is 0 Å². The van der Waals surface area contributed by atoms with Crippen molar-refractivity contribution in [3.8, 4) is 17.9 Å². The Labute approximate surface area is 230 Å². The molecule has 3 aliphatic rings. The molecule has 204 valence electrons. The van der Waals surface area contributed by atoms with Gasteiger partial charge in [0.2, 0.25) is 0 Å². The minimum Gasteiger partial charge on any atom is -0.411 e. The van der Waals surface area contributed by atoms with E-state index in [0.717, 1.165) is 56.0 Å². The number of hydrogen-bond donors (Lipinski definition) is 1. The summed E-state index contributed by atoms with van der Waals surface area (Å²) in [5.41, 5.74) is 0.738. The Bertz CT molecular complexity index is 1320. The van der Waals surface area contributed by atoms with Crippen LogP contribution in [-0.4, -0.2) is 56.3 Å². The summed E-state index contributed by atoms with van der Waals surface area (Å²) in [5.74, 6) is 7.75. The van der Waals surface area contributed by atoms with Crippen LogP contribution in [0.4, 0.5) is 0 Å². The molecule has 2 aromatic rings. The van der Waals surface area contributed by atoms with E-state index < -0.39 is 11.0 Å². The molecule has 2 saturated heterocycles. The molecule has 9 heteroatoms. The second-order valence-electron chi connectivity index (χ2n) is 11.1. The van der Waals surface area contributed by atoms with Gasteiger partial charge in [-0.1, -0.05) is 29.1 Å². The largest absolute Gasteiger partial charge is 0.411 e. The van der Waals surface area contributed by atoms with Gasteiger partial charge in [0.15, 0.2) is 6.29 Å². The summed E-state index contributed by atoms with van der Waals surface area (Å²) in [6, 6.07) is 6.21. The van der Waals surface area contributed by atoms with Gasteiger partial charge in [-0.25, -0.2) is 4.98 Å². The van der Waals surface area contributed by atoms with Gasteiger partial charge < -0.3 is 19.2 Å². The van der Waals surface area contributed by atoms with Crippen LogP contribution in [0, 0.1) is 34.5 Å². The summed E-state index contributed by atoms with van der Waals surface area (Å²) in [4.78, 5) is 11.5. The number of imidazole rings is 1. The van der Waals surface area contributed by atoms with Gasteiger partial charge in [0.25, 0.3) is 0 Å². The lowest BCUT2D eigenvalue weighted by atomic mass is 9.82. The van der Waals surface area contributed by atoms with Crippen LogP contribution in [0.2, 0.25) is 0 Å². The van der Waals surface area contributed by atoms with Crippen molar-refractivity contribution in [1.82, 2.24) is 19.4 Å². The third-order valence-corrected chi connectivity index (χ3v) is 7.93. The van der Waals surface area contributed by atoms with E-state index in [1.807, 2.05) is 55.8 Å². The molecule has 0 spiro atoms. The summed E-state index contributed by atoms with van der Waals surface area (Å²) < 4.78 is 13.9. The molecule has 1 aliphatic carbocycles. The topological polar surface area (TPSA) is 109 Å². The Morgan fingerprint density at radius 3 is 2.79 bits per heavy atom. The van der Waals surface area contributed by atoms with Crippen molar-refractivity contribution in [2.24, 2.45) is 16.5 Å². The van der Waals surface area contributed by atoms with E-state index >= 15 is 0 Å². The van der Waals surface area contributed by atoms with E-state index in [1.54, 1.807) is 12.4 Å². The number of likely N-dealkylation sites (tertiary alicyclic amines) is 1. The van der Waals surface area contributed by atoms with Gasteiger partial charge in [0.1, 0.15) is 23.2 Å². The van der Waals surface area contributed by atoms with Gasteiger partial charge in [0.05, 0.1) is 17.2 Å². The van der Waals surface area contributed by atoms with Crippen LogP contribution in [0.5, 0.6) is 0 Å². The molecule has 0 radical (unpaired) electrons. The van der Waals surface area contributed by atoms with Crippen molar-refractivity contribution >= 4 is 5.71 Å². The predicted molar refractivity (Wildman–Crippen MR) is 146 cm³/mol. The van der Waals surface area contributed by atoms with Gasteiger partial charge in [-0.05, 0) is 58.1 Å². The molecule has 2 aromatic heterocycles. The Morgan fingerprint density at radius 2 is 2.10 bits per heavy atom. The highest BCUT2D eigenvalue weighted by Gasteiger charge is 2.47. The molecule has 2 fully saturated rings. The van der Waals surface area contributed by atoms with Crippen molar-refractivity contribution < 1.29 is 14.7 Å². The molecular weight excluding hydrogens is 492 g/mol. The molecule has 5 rings (SSSR count). The zero-order chi connectivity index (χ0) is 27.5. The smallest absolute Gasteiger partial charge is 0.158 e. The molecule has 0 amide bonds. The highest BCUT2D eigenvalue weighted by Crippen LogP contribution is 2.41. The lowest BCUT2D eigenvalue weighted by Gasteiger charge is -2.37. The second-order valence-corrected chi connectivity index (χ2v) is 11.1. The van der Waals surface area contributed by atoms with Crippen LogP contribution in [-0.2, 0) is 21.6 Å². The predicted octanol–water partition coefficient (Wildman–Crippen LogP) is 4.40.